The number of esters is 1. The van der Waals surface area contributed by atoms with Crippen molar-refractivity contribution in [2.24, 2.45) is 0 Å². The van der Waals surface area contributed by atoms with Gasteiger partial charge in [-0.05, 0) is 17.7 Å². The van der Waals surface area contributed by atoms with Crippen molar-refractivity contribution in [1.29, 1.82) is 0 Å². The zero-order valence-corrected chi connectivity index (χ0v) is 9.91. The number of hydrogen-bond donors (Lipinski definition) is 3. The Labute approximate surface area is 107 Å². The molecule has 0 fully saturated rings. The fraction of sp³-hybridized carbons (Fsp3) is 0.250. The van der Waals surface area contributed by atoms with Crippen LogP contribution in [0.5, 0.6) is 0 Å². The molecular weight excluding hydrogens is 254 g/mol. The van der Waals surface area contributed by atoms with Crippen molar-refractivity contribution < 1.29 is 29.3 Å². The SMILES string of the molecule is COC(=O)C(O)C(O)c1ccc2c(c1)C(=O)NC2=O. The summed E-state index contributed by atoms with van der Waals surface area (Å²) in [5, 5.41) is 21.4. The van der Waals surface area contributed by atoms with Gasteiger partial charge < -0.3 is 14.9 Å². The van der Waals surface area contributed by atoms with Gasteiger partial charge in [0.2, 0.25) is 0 Å². The van der Waals surface area contributed by atoms with Crippen LogP contribution < -0.4 is 5.32 Å². The molecule has 0 aliphatic carbocycles. The molecule has 3 N–H and O–H groups in total. The van der Waals surface area contributed by atoms with Crippen LogP contribution >= 0.6 is 0 Å². The first-order valence-corrected chi connectivity index (χ1v) is 5.39. The summed E-state index contributed by atoms with van der Waals surface area (Å²) in [4.78, 5) is 33.9. The Hall–Kier alpha value is -2.25. The molecule has 0 saturated heterocycles. The second-order valence-electron chi connectivity index (χ2n) is 4.00. The van der Waals surface area contributed by atoms with Crippen LogP contribution in [0.25, 0.3) is 0 Å². The third-order valence-corrected chi connectivity index (χ3v) is 2.84. The number of rotatable bonds is 3. The molecule has 2 amide bonds. The van der Waals surface area contributed by atoms with Crippen LogP contribution in [0.1, 0.15) is 32.4 Å². The number of imide groups is 1. The predicted molar refractivity (Wildman–Crippen MR) is 61.2 cm³/mol. The van der Waals surface area contributed by atoms with Crippen molar-refractivity contribution in [3.63, 3.8) is 0 Å². The molecule has 1 aromatic rings. The third-order valence-electron chi connectivity index (χ3n) is 2.84. The summed E-state index contributed by atoms with van der Waals surface area (Å²) >= 11 is 0. The van der Waals surface area contributed by atoms with Crippen molar-refractivity contribution in [3.8, 4) is 0 Å². The molecule has 2 rings (SSSR count). The van der Waals surface area contributed by atoms with Crippen molar-refractivity contribution in [2.45, 2.75) is 12.2 Å². The highest BCUT2D eigenvalue weighted by molar-refractivity contribution is 6.21. The lowest BCUT2D eigenvalue weighted by Gasteiger charge is -2.16. The number of benzene rings is 1. The normalized spacial score (nSPS) is 16.6. The lowest BCUT2D eigenvalue weighted by atomic mass is 9.99. The zero-order valence-electron chi connectivity index (χ0n) is 9.91. The van der Waals surface area contributed by atoms with Gasteiger partial charge in [0.25, 0.3) is 11.8 Å². The summed E-state index contributed by atoms with van der Waals surface area (Å²) in [5.74, 6) is -2.09. The highest BCUT2D eigenvalue weighted by Crippen LogP contribution is 2.23. The van der Waals surface area contributed by atoms with Gasteiger partial charge in [-0.15, -0.1) is 0 Å². The number of carbonyl (C=O) groups is 3. The summed E-state index contributed by atoms with van der Waals surface area (Å²) in [5.41, 5.74) is 0.425. The smallest absolute Gasteiger partial charge is 0.337 e. The van der Waals surface area contributed by atoms with E-state index in [0.717, 1.165) is 7.11 Å². The minimum absolute atomic E-state index is 0.0959. The molecule has 1 aromatic carbocycles. The summed E-state index contributed by atoms with van der Waals surface area (Å²) in [6.45, 7) is 0. The van der Waals surface area contributed by atoms with Crippen LogP contribution in [0.15, 0.2) is 18.2 Å². The molecule has 100 valence electrons. The number of methoxy groups -OCH3 is 1. The Bertz CT molecular complexity index is 567. The van der Waals surface area contributed by atoms with E-state index in [1.54, 1.807) is 0 Å². The summed E-state index contributed by atoms with van der Waals surface area (Å²) in [7, 11) is 1.08. The number of fused-ring (bicyclic) bond motifs is 1. The molecule has 0 bridgehead atoms. The highest BCUT2D eigenvalue weighted by atomic mass is 16.5. The first-order chi connectivity index (χ1) is 8.95. The van der Waals surface area contributed by atoms with Gasteiger partial charge in [0.1, 0.15) is 6.10 Å². The minimum Gasteiger partial charge on any atom is -0.467 e. The lowest BCUT2D eigenvalue weighted by Crippen LogP contribution is -2.29. The van der Waals surface area contributed by atoms with E-state index in [9.17, 15) is 24.6 Å². The molecule has 19 heavy (non-hydrogen) atoms. The Morgan fingerprint density at radius 1 is 1.21 bits per heavy atom. The molecule has 0 spiro atoms. The second kappa shape index (κ2) is 4.79. The Morgan fingerprint density at radius 2 is 1.84 bits per heavy atom. The lowest BCUT2D eigenvalue weighted by molar-refractivity contribution is -0.156. The largest absolute Gasteiger partial charge is 0.467 e. The molecule has 7 nitrogen and oxygen atoms in total. The molecule has 1 aliphatic heterocycles. The topological polar surface area (TPSA) is 113 Å². The number of aliphatic hydroxyl groups is 2. The van der Waals surface area contributed by atoms with E-state index in [-0.39, 0.29) is 16.7 Å². The van der Waals surface area contributed by atoms with Crippen LogP contribution in [0, 0.1) is 0 Å². The number of nitrogens with one attached hydrogen (secondary N) is 1. The average Bonchev–Trinajstić information content (AvgIpc) is 2.71. The molecule has 1 aliphatic rings. The van der Waals surface area contributed by atoms with Crippen LogP contribution in [0.4, 0.5) is 0 Å². The van der Waals surface area contributed by atoms with E-state index in [1.807, 2.05) is 0 Å². The van der Waals surface area contributed by atoms with Crippen molar-refractivity contribution >= 4 is 17.8 Å². The highest BCUT2D eigenvalue weighted by Gasteiger charge is 2.31. The van der Waals surface area contributed by atoms with Crippen molar-refractivity contribution in [1.82, 2.24) is 5.32 Å². The van der Waals surface area contributed by atoms with E-state index < -0.39 is 30.0 Å². The Kier molecular flexibility index (Phi) is 3.32. The third kappa shape index (κ3) is 2.20. The van der Waals surface area contributed by atoms with Crippen molar-refractivity contribution in [2.75, 3.05) is 7.11 Å². The Morgan fingerprint density at radius 3 is 2.47 bits per heavy atom. The number of aliphatic hydroxyl groups excluding tert-OH is 2. The van der Waals surface area contributed by atoms with Gasteiger partial charge in [0.05, 0.1) is 18.2 Å². The van der Waals surface area contributed by atoms with Gasteiger partial charge in [0, 0.05) is 0 Å². The summed E-state index contributed by atoms with van der Waals surface area (Å²) in [6, 6.07) is 3.96. The molecule has 2 unspecified atom stereocenters. The fourth-order valence-corrected chi connectivity index (χ4v) is 1.80. The van der Waals surface area contributed by atoms with Gasteiger partial charge in [-0.3, -0.25) is 14.9 Å². The minimum atomic E-state index is -1.76. The molecule has 0 radical (unpaired) electrons. The molecule has 0 aromatic heterocycles. The van der Waals surface area contributed by atoms with Crippen LogP contribution in [0.2, 0.25) is 0 Å². The maximum atomic E-state index is 11.4. The van der Waals surface area contributed by atoms with Gasteiger partial charge in [-0.1, -0.05) is 6.07 Å². The number of amides is 2. The van der Waals surface area contributed by atoms with Crippen LogP contribution in [-0.2, 0) is 9.53 Å². The van der Waals surface area contributed by atoms with E-state index >= 15 is 0 Å². The molecule has 7 heteroatoms. The zero-order chi connectivity index (χ0) is 14.2. The van der Waals surface area contributed by atoms with Crippen LogP contribution in [0.3, 0.4) is 0 Å². The molecule has 2 atom stereocenters. The number of carbonyl (C=O) groups excluding carboxylic acids is 3. The first kappa shape index (κ1) is 13.2. The second-order valence-corrected chi connectivity index (χ2v) is 4.00. The van der Waals surface area contributed by atoms with Gasteiger partial charge in [0.15, 0.2) is 6.10 Å². The van der Waals surface area contributed by atoms with Gasteiger partial charge in [-0.2, -0.15) is 0 Å². The maximum absolute atomic E-state index is 11.4. The monoisotopic (exact) mass is 265 g/mol. The maximum Gasteiger partial charge on any atom is 0.337 e. The number of ether oxygens (including phenoxy) is 1. The van der Waals surface area contributed by atoms with E-state index in [2.05, 4.69) is 10.1 Å². The first-order valence-electron chi connectivity index (χ1n) is 5.39. The standard InChI is InChI=1S/C12H11NO6/c1-19-12(18)9(15)8(14)5-2-3-6-7(4-5)11(17)13-10(6)16/h2-4,8-9,14-15H,1H3,(H,13,16,17). The van der Waals surface area contributed by atoms with E-state index in [0.29, 0.717) is 0 Å². The van der Waals surface area contributed by atoms with Gasteiger partial charge in [-0.25, -0.2) is 4.79 Å². The molecular formula is C12H11NO6. The fourth-order valence-electron chi connectivity index (χ4n) is 1.80. The van der Waals surface area contributed by atoms with E-state index in [1.165, 1.54) is 18.2 Å². The van der Waals surface area contributed by atoms with Gasteiger partial charge >= 0.3 is 5.97 Å². The predicted octanol–water partition coefficient (Wildman–Crippen LogP) is -0.863. The average molecular weight is 265 g/mol. The number of hydrogen-bond acceptors (Lipinski definition) is 6. The quantitative estimate of drug-likeness (QED) is 0.484. The van der Waals surface area contributed by atoms with Crippen LogP contribution in [-0.4, -0.2) is 41.2 Å². The van der Waals surface area contributed by atoms with Crippen molar-refractivity contribution in [3.05, 3.63) is 34.9 Å². The molecule has 1 heterocycles. The summed E-state index contributed by atoms with van der Waals surface area (Å²) < 4.78 is 4.30. The molecule has 0 saturated carbocycles. The summed E-state index contributed by atoms with van der Waals surface area (Å²) in [6.07, 6.45) is -3.30. The van der Waals surface area contributed by atoms with E-state index in [4.69, 9.17) is 0 Å². The Balaban J connectivity index is 2.33.